The standard InChI is InChI=1S/C22H16N4O5S2/c1-29-16-5-2-4-15(9-16)24-22-25(18(12-33-22)21-6-3-7-32-21)23-11-14-8-19-20(31-13-30-19)10-17(14)26(27)28/h2-12H,13H2,1H3. The van der Waals surface area contributed by atoms with Crippen molar-refractivity contribution in [3.63, 3.8) is 0 Å². The molecule has 2 aromatic carbocycles. The van der Waals surface area contributed by atoms with Gasteiger partial charge < -0.3 is 14.2 Å². The Morgan fingerprint density at radius 3 is 2.76 bits per heavy atom. The van der Waals surface area contributed by atoms with Gasteiger partial charge in [0, 0.05) is 11.4 Å². The van der Waals surface area contributed by atoms with Gasteiger partial charge in [-0.1, -0.05) is 12.1 Å². The average Bonchev–Trinajstić information content (AvgIpc) is 3.58. The second-order valence-corrected chi connectivity index (χ2v) is 8.56. The molecule has 0 atom stereocenters. The zero-order valence-corrected chi connectivity index (χ0v) is 18.8. The van der Waals surface area contributed by atoms with Crippen molar-refractivity contribution < 1.29 is 19.1 Å². The van der Waals surface area contributed by atoms with Crippen LogP contribution in [0.5, 0.6) is 17.2 Å². The Morgan fingerprint density at radius 1 is 1.15 bits per heavy atom. The summed E-state index contributed by atoms with van der Waals surface area (Å²) >= 11 is 2.99. The first-order chi connectivity index (χ1) is 16.1. The molecule has 0 unspecified atom stereocenters. The number of fused-ring (bicyclic) bond motifs is 1. The zero-order chi connectivity index (χ0) is 22.8. The van der Waals surface area contributed by atoms with Gasteiger partial charge in [0.2, 0.25) is 11.6 Å². The van der Waals surface area contributed by atoms with E-state index in [0.29, 0.717) is 33.3 Å². The van der Waals surface area contributed by atoms with E-state index in [1.807, 2.05) is 47.2 Å². The molecule has 5 rings (SSSR count). The zero-order valence-electron chi connectivity index (χ0n) is 17.2. The van der Waals surface area contributed by atoms with Crippen molar-refractivity contribution in [3.8, 4) is 27.8 Å². The largest absolute Gasteiger partial charge is 0.497 e. The van der Waals surface area contributed by atoms with Crippen molar-refractivity contribution in [1.29, 1.82) is 0 Å². The quantitative estimate of drug-likeness (QED) is 0.219. The van der Waals surface area contributed by atoms with Gasteiger partial charge in [-0.3, -0.25) is 10.1 Å². The summed E-state index contributed by atoms with van der Waals surface area (Å²) in [4.78, 5) is 17.5. The third-order valence-corrected chi connectivity index (χ3v) is 6.48. The van der Waals surface area contributed by atoms with Gasteiger partial charge in [-0.05, 0) is 29.6 Å². The van der Waals surface area contributed by atoms with Crippen molar-refractivity contribution >= 4 is 40.3 Å². The number of nitro groups is 1. The summed E-state index contributed by atoms with van der Waals surface area (Å²) in [5, 5.41) is 20.1. The van der Waals surface area contributed by atoms with Gasteiger partial charge in [0.25, 0.3) is 5.69 Å². The maximum Gasteiger partial charge on any atom is 0.282 e. The van der Waals surface area contributed by atoms with Crippen LogP contribution >= 0.6 is 22.7 Å². The molecule has 1 aliphatic heterocycles. The summed E-state index contributed by atoms with van der Waals surface area (Å²) in [6.45, 7) is 0.0262. The molecule has 9 nitrogen and oxygen atoms in total. The minimum atomic E-state index is -0.469. The number of hydrogen-bond donors (Lipinski definition) is 0. The van der Waals surface area contributed by atoms with Gasteiger partial charge in [0.05, 0.1) is 46.1 Å². The van der Waals surface area contributed by atoms with Crippen LogP contribution in [0, 0.1) is 10.1 Å². The third-order valence-electron chi connectivity index (χ3n) is 4.77. The van der Waals surface area contributed by atoms with Crippen LogP contribution in [-0.4, -0.2) is 29.7 Å². The highest BCUT2D eigenvalue weighted by atomic mass is 32.1. The molecule has 166 valence electrons. The second-order valence-electron chi connectivity index (χ2n) is 6.77. The molecule has 0 N–H and O–H groups in total. The van der Waals surface area contributed by atoms with Crippen LogP contribution in [0.4, 0.5) is 11.4 Å². The van der Waals surface area contributed by atoms with Crippen LogP contribution in [0.15, 0.2) is 69.4 Å². The SMILES string of the molecule is COc1cccc(N=c2scc(-c3cccs3)n2N=Cc2cc3c(cc2[N+](=O)[O-])OCO3)c1. The molecular formula is C22H16N4O5S2. The number of methoxy groups -OCH3 is 1. The van der Waals surface area contributed by atoms with Crippen LogP contribution in [0.2, 0.25) is 0 Å². The molecule has 0 spiro atoms. The summed E-state index contributed by atoms with van der Waals surface area (Å²) in [7, 11) is 1.60. The van der Waals surface area contributed by atoms with Crippen LogP contribution in [0.25, 0.3) is 10.6 Å². The molecule has 11 heteroatoms. The lowest BCUT2D eigenvalue weighted by atomic mass is 10.1. The Kier molecular flexibility index (Phi) is 5.63. The van der Waals surface area contributed by atoms with E-state index in [2.05, 4.69) is 5.10 Å². The van der Waals surface area contributed by atoms with E-state index in [9.17, 15) is 10.1 Å². The number of hydrogen-bond acceptors (Lipinski definition) is 9. The molecule has 2 aromatic heterocycles. The van der Waals surface area contributed by atoms with Gasteiger partial charge >= 0.3 is 0 Å². The maximum atomic E-state index is 11.6. The molecule has 1 aliphatic rings. The van der Waals surface area contributed by atoms with E-state index < -0.39 is 4.92 Å². The van der Waals surface area contributed by atoms with Crippen molar-refractivity contribution in [2.75, 3.05) is 13.9 Å². The lowest BCUT2D eigenvalue weighted by molar-refractivity contribution is -0.385. The third kappa shape index (κ3) is 4.23. The summed E-state index contributed by atoms with van der Waals surface area (Å²) in [6.07, 6.45) is 1.44. The van der Waals surface area contributed by atoms with Gasteiger partial charge in [0.1, 0.15) is 5.75 Å². The predicted molar refractivity (Wildman–Crippen MR) is 126 cm³/mol. The Bertz CT molecular complexity index is 1420. The monoisotopic (exact) mass is 480 g/mol. The molecule has 0 aliphatic carbocycles. The highest BCUT2D eigenvalue weighted by molar-refractivity contribution is 7.14. The van der Waals surface area contributed by atoms with Gasteiger partial charge in [-0.25, -0.2) is 9.67 Å². The van der Waals surface area contributed by atoms with Gasteiger partial charge in [-0.15, -0.1) is 22.7 Å². The summed E-state index contributed by atoms with van der Waals surface area (Å²) in [5.41, 5.74) is 1.71. The number of thiophene rings is 1. The molecular weight excluding hydrogens is 464 g/mol. The topological polar surface area (TPSA) is 100 Å². The number of nitrogens with zero attached hydrogens (tertiary/aromatic N) is 4. The fourth-order valence-electron chi connectivity index (χ4n) is 3.20. The molecule has 0 fully saturated rings. The first kappa shape index (κ1) is 20.9. The summed E-state index contributed by atoms with van der Waals surface area (Å²) in [6, 6.07) is 14.2. The fraction of sp³-hybridized carbons (Fsp3) is 0.0909. The Balaban J connectivity index is 1.63. The van der Waals surface area contributed by atoms with Gasteiger partial charge in [0.15, 0.2) is 11.5 Å². The van der Waals surface area contributed by atoms with E-state index in [0.717, 1.165) is 10.6 Å². The predicted octanol–water partition coefficient (Wildman–Crippen LogP) is 5.04. The summed E-state index contributed by atoms with van der Waals surface area (Å²) in [5.74, 6) is 1.48. The lowest BCUT2D eigenvalue weighted by Gasteiger charge is -2.03. The first-order valence-electron chi connectivity index (χ1n) is 9.68. The first-order valence-corrected chi connectivity index (χ1v) is 11.4. The summed E-state index contributed by atoms with van der Waals surface area (Å²) < 4.78 is 17.6. The number of thiazole rings is 1. The Morgan fingerprint density at radius 2 is 2.00 bits per heavy atom. The molecule has 33 heavy (non-hydrogen) atoms. The molecule has 0 saturated carbocycles. The van der Waals surface area contributed by atoms with Gasteiger partial charge in [-0.2, -0.15) is 5.10 Å². The Hall–Kier alpha value is -3.96. The van der Waals surface area contributed by atoms with Crippen molar-refractivity contribution in [2.24, 2.45) is 10.1 Å². The molecule has 0 radical (unpaired) electrons. The van der Waals surface area contributed by atoms with Crippen molar-refractivity contribution in [1.82, 2.24) is 4.68 Å². The van der Waals surface area contributed by atoms with E-state index in [4.69, 9.17) is 19.2 Å². The fourth-order valence-corrected chi connectivity index (χ4v) is 4.85. The van der Waals surface area contributed by atoms with Crippen molar-refractivity contribution in [3.05, 3.63) is 79.8 Å². The number of nitro benzene ring substituents is 1. The second kappa shape index (κ2) is 8.88. The molecule has 3 heterocycles. The molecule has 0 amide bonds. The normalized spacial score (nSPS) is 13.1. The minimum absolute atomic E-state index is 0.0262. The molecule has 4 aromatic rings. The van der Waals surface area contributed by atoms with E-state index in [-0.39, 0.29) is 12.5 Å². The smallest absolute Gasteiger partial charge is 0.282 e. The Labute approximate surface area is 195 Å². The highest BCUT2D eigenvalue weighted by Gasteiger charge is 2.22. The maximum absolute atomic E-state index is 11.6. The van der Waals surface area contributed by atoms with Crippen LogP contribution in [-0.2, 0) is 0 Å². The van der Waals surface area contributed by atoms with Crippen LogP contribution < -0.4 is 19.0 Å². The van der Waals surface area contributed by atoms with Crippen LogP contribution in [0.1, 0.15) is 5.56 Å². The van der Waals surface area contributed by atoms with Crippen molar-refractivity contribution in [2.45, 2.75) is 0 Å². The van der Waals surface area contributed by atoms with E-state index in [1.165, 1.54) is 23.6 Å². The number of rotatable bonds is 6. The molecule has 0 bridgehead atoms. The average molecular weight is 481 g/mol. The molecule has 0 saturated heterocycles. The van der Waals surface area contributed by atoms with E-state index in [1.54, 1.807) is 29.2 Å². The number of benzene rings is 2. The van der Waals surface area contributed by atoms with E-state index >= 15 is 0 Å². The highest BCUT2D eigenvalue weighted by Crippen LogP contribution is 2.37. The minimum Gasteiger partial charge on any atom is -0.497 e. The number of aromatic nitrogens is 1. The lowest BCUT2D eigenvalue weighted by Crippen LogP contribution is -2.11. The number of ether oxygens (including phenoxy) is 3. The van der Waals surface area contributed by atoms with Crippen LogP contribution in [0.3, 0.4) is 0 Å².